The molecule has 27 heavy (non-hydrogen) atoms. The normalized spacial score (nSPS) is 24.2. The van der Waals surface area contributed by atoms with E-state index in [1.165, 1.54) is 22.8 Å². The van der Waals surface area contributed by atoms with Crippen molar-refractivity contribution in [2.24, 2.45) is 5.92 Å². The summed E-state index contributed by atoms with van der Waals surface area (Å²) in [6.07, 6.45) is 6.29. The summed E-state index contributed by atoms with van der Waals surface area (Å²) in [5, 5.41) is 0. The molecule has 1 aromatic heterocycles. The van der Waals surface area contributed by atoms with Gasteiger partial charge in [-0.3, -0.25) is 14.6 Å². The molecule has 2 aliphatic heterocycles. The number of hydrogen-bond donors (Lipinski definition) is 0. The van der Waals surface area contributed by atoms with Crippen LogP contribution in [0, 0.1) is 5.92 Å². The molecule has 0 radical (unpaired) electrons. The highest BCUT2D eigenvalue weighted by Gasteiger charge is 2.42. The summed E-state index contributed by atoms with van der Waals surface area (Å²) in [7, 11) is -3.59. The summed E-state index contributed by atoms with van der Waals surface area (Å²) in [6, 6.07) is 2.75. The van der Waals surface area contributed by atoms with E-state index in [0.29, 0.717) is 26.1 Å². The van der Waals surface area contributed by atoms with Crippen LogP contribution in [0.25, 0.3) is 0 Å². The first kappa shape index (κ1) is 18.4. The van der Waals surface area contributed by atoms with Crippen molar-refractivity contribution < 1.29 is 18.0 Å². The zero-order valence-corrected chi connectivity index (χ0v) is 16.0. The van der Waals surface area contributed by atoms with Gasteiger partial charge in [-0.05, 0) is 37.8 Å². The molecule has 9 heteroatoms. The molecule has 1 unspecified atom stereocenters. The second-order valence-corrected chi connectivity index (χ2v) is 9.32. The maximum absolute atomic E-state index is 12.9. The average molecular weight is 392 g/mol. The minimum absolute atomic E-state index is 0.0417. The summed E-state index contributed by atoms with van der Waals surface area (Å²) in [4.78, 5) is 32.8. The molecule has 1 aromatic rings. The number of sulfonamides is 1. The highest BCUT2D eigenvalue weighted by Crippen LogP contribution is 2.34. The van der Waals surface area contributed by atoms with Crippen LogP contribution in [-0.2, 0) is 19.6 Å². The predicted molar refractivity (Wildman–Crippen MR) is 97.0 cm³/mol. The molecule has 8 nitrogen and oxygen atoms in total. The van der Waals surface area contributed by atoms with E-state index < -0.39 is 10.0 Å². The van der Waals surface area contributed by atoms with E-state index in [0.717, 1.165) is 19.3 Å². The third-order valence-corrected chi connectivity index (χ3v) is 7.45. The van der Waals surface area contributed by atoms with E-state index in [2.05, 4.69) is 4.98 Å². The highest BCUT2D eigenvalue weighted by molar-refractivity contribution is 7.89. The van der Waals surface area contributed by atoms with Crippen LogP contribution in [0.5, 0.6) is 0 Å². The Balaban J connectivity index is 1.39. The third-order valence-electron chi connectivity index (χ3n) is 5.57. The first-order chi connectivity index (χ1) is 13.0. The molecule has 4 rings (SSSR count). The van der Waals surface area contributed by atoms with Crippen molar-refractivity contribution in [1.29, 1.82) is 0 Å². The second-order valence-electron chi connectivity index (χ2n) is 7.38. The molecule has 0 aromatic carbocycles. The van der Waals surface area contributed by atoms with Gasteiger partial charge < -0.3 is 9.80 Å². The zero-order valence-electron chi connectivity index (χ0n) is 15.2. The number of nitrogens with zero attached hydrogens (tertiary/aromatic N) is 4. The molecular formula is C18H24N4O4S. The van der Waals surface area contributed by atoms with Crippen LogP contribution in [0.3, 0.4) is 0 Å². The van der Waals surface area contributed by atoms with Crippen molar-refractivity contribution in [1.82, 2.24) is 19.1 Å². The van der Waals surface area contributed by atoms with E-state index in [1.807, 2.05) is 0 Å². The van der Waals surface area contributed by atoms with Crippen molar-refractivity contribution in [2.75, 3.05) is 32.7 Å². The number of carbonyl (C=O) groups is 2. The second kappa shape index (κ2) is 7.20. The Morgan fingerprint density at radius 1 is 1.00 bits per heavy atom. The lowest BCUT2D eigenvalue weighted by atomic mass is 10.1. The van der Waals surface area contributed by atoms with Crippen LogP contribution in [0.1, 0.15) is 25.7 Å². The van der Waals surface area contributed by atoms with Gasteiger partial charge in [0.25, 0.3) is 0 Å². The largest absolute Gasteiger partial charge is 0.338 e. The van der Waals surface area contributed by atoms with Crippen LogP contribution in [-0.4, -0.2) is 78.1 Å². The summed E-state index contributed by atoms with van der Waals surface area (Å²) < 4.78 is 26.7. The quantitative estimate of drug-likeness (QED) is 0.736. The summed E-state index contributed by atoms with van der Waals surface area (Å²) in [5.74, 6) is 0.184. The first-order valence-electron chi connectivity index (χ1n) is 9.48. The van der Waals surface area contributed by atoms with Gasteiger partial charge in [-0.25, -0.2) is 8.42 Å². The fourth-order valence-electron chi connectivity index (χ4n) is 3.86. The molecule has 1 atom stereocenters. The van der Waals surface area contributed by atoms with E-state index >= 15 is 0 Å². The number of aromatic nitrogens is 1. The van der Waals surface area contributed by atoms with Crippen molar-refractivity contribution in [3.05, 3.63) is 24.5 Å². The molecule has 1 saturated carbocycles. The monoisotopic (exact) mass is 392 g/mol. The molecule has 3 aliphatic rings. The van der Waals surface area contributed by atoms with Crippen LogP contribution in [0.2, 0.25) is 0 Å². The molecule has 0 spiro atoms. The molecule has 3 heterocycles. The standard InChI is InChI=1S/C18H24N4O4S/c23-17(14-5-6-14)22-8-2-4-16(22)18(24)20-9-11-21(12-10-20)27(25,26)15-3-1-7-19-13-15/h1,3,7,13-14,16H,2,4-6,8-12H2. The Morgan fingerprint density at radius 2 is 1.74 bits per heavy atom. The average Bonchev–Trinajstić information content (AvgIpc) is 3.44. The number of carbonyl (C=O) groups excluding carboxylic acids is 2. The predicted octanol–water partition coefficient (Wildman–Crippen LogP) is 0.316. The van der Waals surface area contributed by atoms with Crippen molar-refractivity contribution in [2.45, 2.75) is 36.6 Å². The lowest BCUT2D eigenvalue weighted by molar-refractivity contribution is -0.145. The smallest absolute Gasteiger partial charge is 0.245 e. The van der Waals surface area contributed by atoms with E-state index in [1.54, 1.807) is 15.9 Å². The fraction of sp³-hybridized carbons (Fsp3) is 0.611. The minimum atomic E-state index is -3.59. The molecule has 0 N–H and O–H groups in total. The van der Waals surface area contributed by atoms with Gasteiger partial charge >= 0.3 is 0 Å². The maximum atomic E-state index is 12.9. The Labute approximate surface area is 159 Å². The molecular weight excluding hydrogens is 368 g/mol. The number of piperazine rings is 1. The Bertz CT molecular complexity index is 817. The molecule has 2 saturated heterocycles. The van der Waals surface area contributed by atoms with Gasteiger partial charge in [-0.2, -0.15) is 4.31 Å². The Morgan fingerprint density at radius 3 is 2.37 bits per heavy atom. The van der Waals surface area contributed by atoms with Gasteiger partial charge in [0.2, 0.25) is 21.8 Å². The number of rotatable bonds is 4. The molecule has 3 fully saturated rings. The van der Waals surface area contributed by atoms with Crippen LogP contribution in [0.15, 0.2) is 29.4 Å². The van der Waals surface area contributed by atoms with E-state index in [4.69, 9.17) is 0 Å². The van der Waals surface area contributed by atoms with Gasteiger partial charge in [0.15, 0.2) is 0 Å². The van der Waals surface area contributed by atoms with E-state index in [-0.39, 0.29) is 41.8 Å². The minimum Gasteiger partial charge on any atom is -0.338 e. The van der Waals surface area contributed by atoms with Crippen molar-refractivity contribution in [3.63, 3.8) is 0 Å². The van der Waals surface area contributed by atoms with Gasteiger partial charge in [0, 0.05) is 51.0 Å². The Hall–Kier alpha value is -2.00. The summed E-state index contributed by atoms with van der Waals surface area (Å²) >= 11 is 0. The topological polar surface area (TPSA) is 90.9 Å². The summed E-state index contributed by atoms with van der Waals surface area (Å²) in [5.41, 5.74) is 0. The first-order valence-corrected chi connectivity index (χ1v) is 10.9. The molecule has 2 amide bonds. The molecule has 0 bridgehead atoms. The maximum Gasteiger partial charge on any atom is 0.245 e. The van der Waals surface area contributed by atoms with Gasteiger partial charge in [-0.15, -0.1) is 0 Å². The third kappa shape index (κ3) is 3.58. The molecule has 146 valence electrons. The van der Waals surface area contributed by atoms with Gasteiger partial charge in [0.1, 0.15) is 10.9 Å². The molecule has 1 aliphatic carbocycles. The summed E-state index contributed by atoms with van der Waals surface area (Å²) in [6.45, 7) is 1.86. The van der Waals surface area contributed by atoms with E-state index in [9.17, 15) is 18.0 Å². The zero-order chi connectivity index (χ0) is 19.0. The fourth-order valence-corrected chi connectivity index (χ4v) is 5.25. The van der Waals surface area contributed by atoms with Gasteiger partial charge in [0.05, 0.1) is 0 Å². The SMILES string of the molecule is O=C(C1CCCN1C(=O)C1CC1)N1CCN(S(=O)(=O)c2cccnc2)CC1. The lowest BCUT2D eigenvalue weighted by Gasteiger charge is -2.36. The lowest BCUT2D eigenvalue weighted by Crippen LogP contribution is -2.55. The number of likely N-dealkylation sites (tertiary alicyclic amines) is 1. The van der Waals surface area contributed by atoms with Gasteiger partial charge in [-0.1, -0.05) is 0 Å². The number of pyridine rings is 1. The van der Waals surface area contributed by atoms with Crippen LogP contribution >= 0.6 is 0 Å². The number of amides is 2. The van der Waals surface area contributed by atoms with Crippen molar-refractivity contribution >= 4 is 21.8 Å². The van der Waals surface area contributed by atoms with Crippen LogP contribution < -0.4 is 0 Å². The Kier molecular flexibility index (Phi) is 4.90. The van der Waals surface area contributed by atoms with Crippen molar-refractivity contribution in [3.8, 4) is 0 Å². The van der Waals surface area contributed by atoms with Crippen LogP contribution in [0.4, 0.5) is 0 Å². The number of hydrogen-bond acceptors (Lipinski definition) is 5. The highest BCUT2D eigenvalue weighted by atomic mass is 32.2.